The smallest absolute Gasteiger partial charge is 0.315 e. The van der Waals surface area contributed by atoms with E-state index in [0.29, 0.717) is 11.6 Å². The molecule has 2 aromatic heterocycles. The molecule has 0 fully saturated rings. The maximum atomic E-state index is 12.2. The number of pyridine rings is 1. The first-order valence-electron chi connectivity index (χ1n) is 8.29. The van der Waals surface area contributed by atoms with Gasteiger partial charge in [0.05, 0.1) is 23.3 Å². The lowest BCUT2D eigenvalue weighted by atomic mass is 10.0. The summed E-state index contributed by atoms with van der Waals surface area (Å²) < 4.78 is 1.85. The molecule has 1 atom stereocenters. The van der Waals surface area contributed by atoms with Gasteiger partial charge < -0.3 is 15.0 Å². The second kappa shape index (κ2) is 7.57. The van der Waals surface area contributed by atoms with Gasteiger partial charge in [0.1, 0.15) is 5.65 Å². The van der Waals surface area contributed by atoms with Crippen LogP contribution in [0.2, 0.25) is 5.02 Å². The topological polar surface area (TPSA) is 58.4 Å². The maximum Gasteiger partial charge on any atom is 0.315 e. The predicted molar refractivity (Wildman–Crippen MR) is 99.8 cm³/mol. The molecule has 3 rings (SSSR count). The zero-order chi connectivity index (χ0) is 17.8. The Morgan fingerprint density at radius 2 is 1.96 bits per heavy atom. The predicted octanol–water partition coefficient (Wildman–Crippen LogP) is 4.25. The molecule has 1 unspecified atom stereocenters. The molecule has 0 radical (unpaired) electrons. The molecule has 0 saturated carbocycles. The van der Waals surface area contributed by atoms with E-state index < -0.39 is 0 Å². The molecular weight excluding hydrogens is 336 g/mol. The molecule has 5 nitrogen and oxygen atoms in total. The van der Waals surface area contributed by atoms with E-state index in [1.165, 1.54) is 5.56 Å². The van der Waals surface area contributed by atoms with Crippen LogP contribution in [0.25, 0.3) is 5.65 Å². The minimum absolute atomic E-state index is 0.0134. The quantitative estimate of drug-likeness (QED) is 0.718. The minimum Gasteiger partial charge on any atom is -0.332 e. The van der Waals surface area contributed by atoms with Crippen LogP contribution < -0.4 is 10.6 Å². The molecule has 2 amide bonds. The van der Waals surface area contributed by atoms with Crippen molar-refractivity contribution < 1.29 is 4.79 Å². The van der Waals surface area contributed by atoms with Gasteiger partial charge in [-0.25, -0.2) is 9.78 Å². The minimum atomic E-state index is -0.206. The summed E-state index contributed by atoms with van der Waals surface area (Å²) >= 11 is 5.97. The van der Waals surface area contributed by atoms with E-state index in [2.05, 4.69) is 46.8 Å². The van der Waals surface area contributed by atoms with Gasteiger partial charge >= 0.3 is 6.03 Å². The molecule has 6 heteroatoms. The number of imidazole rings is 1. The summed E-state index contributed by atoms with van der Waals surface area (Å²) in [5.74, 6) is 0. The van der Waals surface area contributed by atoms with E-state index in [-0.39, 0.29) is 12.1 Å². The number of halogens is 1. The molecule has 0 aliphatic heterocycles. The number of nitrogens with one attached hydrogen (secondary N) is 2. The summed E-state index contributed by atoms with van der Waals surface area (Å²) in [4.78, 5) is 16.7. The molecule has 0 saturated heterocycles. The van der Waals surface area contributed by atoms with Gasteiger partial charge in [0, 0.05) is 12.4 Å². The first-order valence-corrected chi connectivity index (χ1v) is 8.67. The number of rotatable bonds is 5. The highest BCUT2D eigenvalue weighted by molar-refractivity contribution is 6.30. The molecule has 130 valence electrons. The van der Waals surface area contributed by atoms with Gasteiger partial charge in [0.15, 0.2) is 0 Å². The Labute approximate surface area is 152 Å². The molecule has 1 aromatic carbocycles. The first kappa shape index (κ1) is 17.3. The summed E-state index contributed by atoms with van der Waals surface area (Å²) in [6.45, 7) is 4.46. The van der Waals surface area contributed by atoms with Crippen molar-refractivity contribution in [3.8, 4) is 0 Å². The van der Waals surface area contributed by atoms with Gasteiger partial charge in [-0.05, 0) is 31.0 Å². The first-order chi connectivity index (χ1) is 12.0. The van der Waals surface area contributed by atoms with Crippen LogP contribution in [0.5, 0.6) is 0 Å². The fourth-order valence-electron chi connectivity index (χ4n) is 2.70. The number of fused-ring (bicyclic) bond motifs is 1. The zero-order valence-electron chi connectivity index (χ0n) is 14.3. The van der Waals surface area contributed by atoms with Crippen molar-refractivity contribution in [2.45, 2.75) is 32.9 Å². The normalized spacial score (nSPS) is 12.1. The largest absolute Gasteiger partial charge is 0.332 e. The van der Waals surface area contributed by atoms with Gasteiger partial charge in [-0.15, -0.1) is 0 Å². The maximum absolute atomic E-state index is 12.2. The van der Waals surface area contributed by atoms with Gasteiger partial charge in [0.25, 0.3) is 0 Å². The molecule has 25 heavy (non-hydrogen) atoms. The lowest BCUT2D eigenvalue weighted by Crippen LogP contribution is -2.37. The monoisotopic (exact) mass is 356 g/mol. The van der Waals surface area contributed by atoms with E-state index in [1.54, 1.807) is 12.3 Å². The van der Waals surface area contributed by atoms with Crippen molar-refractivity contribution in [3.05, 3.63) is 70.6 Å². The fraction of sp³-hybridized carbons (Fsp3) is 0.263. The van der Waals surface area contributed by atoms with Crippen molar-refractivity contribution in [3.63, 3.8) is 0 Å². The Morgan fingerprint density at radius 3 is 2.68 bits per heavy atom. The van der Waals surface area contributed by atoms with Crippen LogP contribution in [0.15, 0.2) is 48.8 Å². The highest BCUT2D eigenvalue weighted by atomic mass is 35.5. The molecule has 0 aliphatic carbocycles. The Kier molecular flexibility index (Phi) is 5.24. The molecule has 0 bridgehead atoms. The van der Waals surface area contributed by atoms with Crippen molar-refractivity contribution in [2.75, 3.05) is 0 Å². The highest BCUT2D eigenvalue weighted by Gasteiger charge is 2.12. The van der Waals surface area contributed by atoms with E-state index in [4.69, 9.17) is 11.6 Å². The summed E-state index contributed by atoms with van der Waals surface area (Å²) in [6.07, 6.45) is 4.47. The van der Waals surface area contributed by atoms with Crippen LogP contribution in [-0.2, 0) is 6.54 Å². The third kappa shape index (κ3) is 4.31. The molecule has 2 N–H and O–H groups in total. The number of hydrogen-bond donors (Lipinski definition) is 2. The van der Waals surface area contributed by atoms with Crippen LogP contribution in [0.4, 0.5) is 4.79 Å². The number of urea groups is 1. The molecule has 0 aliphatic rings. The SMILES string of the molecule is CCC(NC(=O)NCc1cn2cc(Cl)ccc2n1)c1ccc(C)cc1. The molecule has 2 heterocycles. The highest BCUT2D eigenvalue weighted by Crippen LogP contribution is 2.17. The second-order valence-corrected chi connectivity index (χ2v) is 6.48. The van der Waals surface area contributed by atoms with Gasteiger partial charge in [0.2, 0.25) is 0 Å². The zero-order valence-corrected chi connectivity index (χ0v) is 15.0. The lowest BCUT2D eigenvalue weighted by Gasteiger charge is -2.18. The van der Waals surface area contributed by atoms with Gasteiger partial charge in [-0.1, -0.05) is 48.4 Å². The third-order valence-corrected chi connectivity index (χ3v) is 4.31. The van der Waals surface area contributed by atoms with Crippen LogP contribution in [0.1, 0.15) is 36.2 Å². The van der Waals surface area contributed by atoms with Crippen molar-refractivity contribution >= 4 is 23.3 Å². The Morgan fingerprint density at radius 1 is 1.20 bits per heavy atom. The van der Waals surface area contributed by atoms with E-state index in [9.17, 15) is 4.79 Å². The average Bonchev–Trinajstić information content (AvgIpc) is 3.00. The summed E-state index contributed by atoms with van der Waals surface area (Å²) in [5.41, 5.74) is 3.88. The van der Waals surface area contributed by atoms with Crippen LogP contribution in [-0.4, -0.2) is 15.4 Å². The van der Waals surface area contributed by atoms with Crippen LogP contribution in [0, 0.1) is 6.92 Å². The Balaban J connectivity index is 1.60. The number of benzene rings is 1. The van der Waals surface area contributed by atoms with Crippen LogP contribution >= 0.6 is 11.6 Å². The number of aryl methyl sites for hydroxylation is 1. The Bertz CT molecular complexity index is 873. The van der Waals surface area contributed by atoms with Crippen LogP contribution in [0.3, 0.4) is 0 Å². The van der Waals surface area contributed by atoms with Gasteiger partial charge in [-0.3, -0.25) is 0 Å². The summed E-state index contributed by atoms with van der Waals surface area (Å²) in [7, 11) is 0. The van der Waals surface area contributed by atoms with Gasteiger partial charge in [-0.2, -0.15) is 0 Å². The summed E-state index contributed by atoms with van der Waals surface area (Å²) in [6, 6.07) is 11.6. The number of hydrogen-bond acceptors (Lipinski definition) is 2. The van der Waals surface area contributed by atoms with Crippen molar-refractivity contribution in [1.29, 1.82) is 0 Å². The number of nitrogens with zero attached hydrogens (tertiary/aromatic N) is 2. The third-order valence-electron chi connectivity index (χ3n) is 4.09. The average molecular weight is 357 g/mol. The number of carbonyl (C=O) groups is 1. The number of carbonyl (C=O) groups excluding carboxylic acids is 1. The standard InChI is InChI=1S/C19H21ClN4O/c1-3-17(14-6-4-13(2)5-7-14)23-19(25)21-10-16-12-24-11-15(20)8-9-18(24)22-16/h4-9,11-12,17H,3,10H2,1-2H3,(H2,21,23,25). The van der Waals surface area contributed by atoms with E-state index in [1.807, 2.05) is 23.6 Å². The van der Waals surface area contributed by atoms with E-state index in [0.717, 1.165) is 23.3 Å². The number of aromatic nitrogens is 2. The Hall–Kier alpha value is -2.53. The molecular formula is C19H21ClN4O. The number of amides is 2. The van der Waals surface area contributed by atoms with Crippen molar-refractivity contribution in [1.82, 2.24) is 20.0 Å². The lowest BCUT2D eigenvalue weighted by molar-refractivity contribution is 0.236. The molecule has 3 aromatic rings. The van der Waals surface area contributed by atoms with Crippen molar-refractivity contribution in [2.24, 2.45) is 0 Å². The fourth-order valence-corrected chi connectivity index (χ4v) is 2.87. The summed E-state index contributed by atoms with van der Waals surface area (Å²) in [5, 5.41) is 6.52. The second-order valence-electron chi connectivity index (χ2n) is 6.04. The van der Waals surface area contributed by atoms with E-state index >= 15 is 0 Å². The molecule has 0 spiro atoms.